The number of para-hydroxylation sites is 1. The highest BCUT2D eigenvalue weighted by Crippen LogP contribution is 2.42. The van der Waals surface area contributed by atoms with Crippen molar-refractivity contribution < 1.29 is 18.7 Å². The Hall–Kier alpha value is -3.02. The first-order valence-electron chi connectivity index (χ1n) is 9.43. The van der Waals surface area contributed by atoms with Crippen molar-refractivity contribution in [2.24, 2.45) is 0 Å². The number of Topliss-reactive ketones (excluding diaryl/α,β-unsaturated/α-hetero) is 1. The lowest BCUT2D eigenvalue weighted by atomic mass is 9.78. The van der Waals surface area contributed by atoms with Crippen LogP contribution < -0.4 is 5.32 Å². The second-order valence-corrected chi connectivity index (χ2v) is 7.03. The molecule has 2 unspecified atom stereocenters. The van der Waals surface area contributed by atoms with Gasteiger partial charge in [-0.1, -0.05) is 48.5 Å². The van der Waals surface area contributed by atoms with Crippen LogP contribution in [0.2, 0.25) is 0 Å². The van der Waals surface area contributed by atoms with Gasteiger partial charge in [-0.15, -0.1) is 0 Å². The number of hydrogen-bond donors (Lipinski definition) is 1. The van der Waals surface area contributed by atoms with Crippen LogP contribution in [0.1, 0.15) is 45.3 Å². The number of hydrogen-bond acceptors (Lipinski definition) is 4. The predicted molar refractivity (Wildman–Crippen MR) is 109 cm³/mol. The number of methoxy groups -OCH3 is 2. The van der Waals surface area contributed by atoms with Gasteiger partial charge in [0.15, 0.2) is 12.1 Å². The second kappa shape index (κ2) is 8.15. The Bertz CT molecular complexity index is 997. The van der Waals surface area contributed by atoms with E-state index in [1.165, 1.54) is 12.1 Å². The topological polar surface area (TPSA) is 47.6 Å². The molecule has 4 nitrogen and oxygen atoms in total. The minimum atomic E-state index is -0.461. The van der Waals surface area contributed by atoms with Crippen molar-refractivity contribution in [1.82, 2.24) is 0 Å². The molecule has 4 rings (SSSR count). The van der Waals surface area contributed by atoms with E-state index >= 15 is 0 Å². The number of ether oxygens (including phenoxy) is 2. The predicted octanol–water partition coefficient (Wildman–Crippen LogP) is 5.25. The van der Waals surface area contributed by atoms with Gasteiger partial charge in [0.05, 0.1) is 12.0 Å². The van der Waals surface area contributed by atoms with Crippen LogP contribution in [0.4, 0.5) is 10.1 Å². The minimum Gasteiger partial charge on any atom is -0.377 e. The van der Waals surface area contributed by atoms with Crippen LogP contribution in [0.3, 0.4) is 0 Å². The normalized spacial score (nSPS) is 18.4. The molecule has 0 fully saturated rings. The molecule has 3 aromatic carbocycles. The number of carbonyl (C=O) groups excluding carboxylic acids is 1. The van der Waals surface area contributed by atoms with Crippen molar-refractivity contribution >= 4 is 11.5 Å². The van der Waals surface area contributed by atoms with Crippen molar-refractivity contribution in [2.75, 3.05) is 19.5 Å². The highest BCUT2D eigenvalue weighted by molar-refractivity contribution is 6.07. The van der Waals surface area contributed by atoms with Crippen LogP contribution in [-0.2, 0) is 9.47 Å². The van der Waals surface area contributed by atoms with E-state index in [0.29, 0.717) is 5.56 Å². The molecule has 2 atom stereocenters. The molecule has 29 heavy (non-hydrogen) atoms. The van der Waals surface area contributed by atoms with Crippen molar-refractivity contribution in [3.05, 3.63) is 101 Å². The highest BCUT2D eigenvalue weighted by Gasteiger charge is 2.37. The lowest BCUT2D eigenvalue weighted by Gasteiger charge is -2.34. The van der Waals surface area contributed by atoms with E-state index in [-0.39, 0.29) is 17.6 Å². The van der Waals surface area contributed by atoms with Crippen molar-refractivity contribution in [1.29, 1.82) is 0 Å². The number of rotatable bonds is 5. The van der Waals surface area contributed by atoms with Gasteiger partial charge in [0.2, 0.25) is 0 Å². The summed E-state index contributed by atoms with van der Waals surface area (Å²) in [6.07, 6.45) is -0.446. The number of benzene rings is 3. The summed E-state index contributed by atoms with van der Waals surface area (Å²) in [6, 6.07) is 21.2. The third kappa shape index (κ3) is 3.67. The third-order valence-corrected chi connectivity index (χ3v) is 5.34. The molecule has 5 heteroatoms. The van der Waals surface area contributed by atoms with E-state index in [4.69, 9.17) is 9.47 Å². The fraction of sp³-hybridized carbons (Fsp3) is 0.208. The van der Waals surface area contributed by atoms with Crippen LogP contribution in [0, 0.1) is 5.82 Å². The molecule has 1 aliphatic heterocycles. The summed E-state index contributed by atoms with van der Waals surface area (Å²) < 4.78 is 24.1. The largest absolute Gasteiger partial charge is 0.377 e. The molecule has 148 valence electrons. The number of halogens is 1. The number of fused-ring (bicyclic) bond motifs is 1. The van der Waals surface area contributed by atoms with Gasteiger partial charge in [0, 0.05) is 31.0 Å². The first-order chi connectivity index (χ1) is 14.1. The summed E-state index contributed by atoms with van der Waals surface area (Å²) in [4.78, 5) is 13.4. The van der Waals surface area contributed by atoms with E-state index in [1.807, 2.05) is 48.5 Å². The average molecular weight is 391 g/mol. The molecule has 0 bridgehead atoms. The first-order valence-corrected chi connectivity index (χ1v) is 9.43. The van der Waals surface area contributed by atoms with Crippen LogP contribution in [-0.4, -0.2) is 20.0 Å². The fourth-order valence-electron chi connectivity index (χ4n) is 3.91. The molecule has 0 radical (unpaired) electrons. The Morgan fingerprint density at radius 2 is 1.48 bits per heavy atom. The number of carbonyl (C=O) groups is 1. The molecule has 1 aliphatic rings. The van der Waals surface area contributed by atoms with E-state index in [0.717, 1.165) is 22.4 Å². The lowest BCUT2D eigenvalue weighted by Crippen LogP contribution is -2.31. The van der Waals surface area contributed by atoms with Crippen molar-refractivity contribution in [3.63, 3.8) is 0 Å². The summed E-state index contributed by atoms with van der Waals surface area (Å²) >= 11 is 0. The fourth-order valence-corrected chi connectivity index (χ4v) is 3.91. The summed E-state index contributed by atoms with van der Waals surface area (Å²) in [6.45, 7) is 0. The number of anilines is 1. The van der Waals surface area contributed by atoms with E-state index in [9.17, 15) is 9.18 Å². The molecule has 0 saturated heterocycles. The summed E-state index contributed by atoms with van der Waals surface area (Å²) in [5.74, 6) is -0.764. The van der Waals surface area contributed by atoms with Gasteiger partial charge in [-0.2, -0.15) is 0 Å². The first kappa shape index (κ1) is 19.3. The Morgan fingerprint density at radius 3 is 2.14 bits per heavy atom. The van der Waals surface area contributed by atoms with Gasteiger partial charge in [0.25, 0.3) is 0 Å². The Balaban J connectivity index is 1.76. The zero-order valence-electron chi connectivity index (χ0n) is 16.3. The van der Waals surface area contributed by atoms with Crippen molar-refractivity contribution in [2.45, 2.75) is 18.2 Å². The standard InChI is InChI=1S/C24H22FNO3/c1-28-24(29-2)17-9-7-16(8-10-17)22-21(15-11-13-18(25)14-12-15)23(27)19-5-3-4-6-20(19)26-22/h3-14,21-22,24,26H,1-2H3. The monoisotopic (exact) mass is 391 g/mol. The molecular formula is C24H22FNO3. The van der Waals surface area contributed by atoms with Gasteiger partial charge in [-0.25, -0.2) is 4.39 Å². The van der Waals surface area contributed by atoms with Crippen LogP contribution in [0.25, 0.3) is 0 Å². The zero-order chi connectivity index (χ0) is 20.4. The molecule has 1 N–H and O–H groups in total. The van der Waals surface area contributed by atoms with Crippen LogP contribution in [0.5, 0.6) is 0 Å². The molecular weight excluding hydrogens is 369 g/mol. The maximum Gasteiger partial charge on any atom is 0.183 e. The van der Waals surface area contributed by atoms with E-state index < -0.39 is 12.2 Å². The average Bonchev–Trinajstić information content (AvgIpc) is 2.76. The number of ketones is 1. The minimum absolute atomic E-state index is 0.0201. The highest BCUT2D eigenvalue weighted by atomic mass is 19.1. The van der Waals surface area contributed by atoms with Gasteiger partial charge >= 0.3 is 0 Å². The van der Waals surface area contributed by atoms with Gasteiger partial charge < -0.3 is 14.8 Å². The number of nitrogens with one attached hydrogen (secondary N) is 1. The Kier molecular flexibility index (Phi) is 5.43. The lowest BCUT2D eigenvalue weighted by molar-refractivity contribution is -0.106. The molecule has 0 spiro atoms. The third-order valence-electron chi connectivity index (χ3n) is 5.34. The van der Waals surface area contributed by atoms with Crippen LogP contribution in [0.15, 0.2) is 72.8 Å². The van der Waals surface area contributed by atoms with E-state index in [2.05, 4.69) is 5.32 Å². The van der Waals surface area contributed by atoms with Crippen LogP contribution >= 0.6 is 0 Å². The summed E-state index contributed by atoms with van der Waals surface area (Å²) in [5, 5.41) is 3.51. The maximum absolute atomic E-state index is 13.5. The molecule has 0 amide bonds. The molecule has 0 saturated carbocycles. The van der Waals surface area contributed by atoms with E-state index in [1.54, 1.807) is 26.4 Å². The maximum atomic E-state index is 13.5. The molecule has 0 aliphatic carbocycles. The summed E-state index contributed by atoms with van der Waals surface area (Å²) in [7, 11) is 3.18. The molecule has 3 aromatic rings. The van der Waals surface area contributed by atoms with Gasteiger partial charge in [-0.3, -0.25) is 4.79 Å². The quantitative estimate of drug-likeness (QED) is 0.604. The van der Waals surface area contributed by atoms with Crippen molar-refractivity contribution in [3.8, 4) is 0 Å². The summed E-state index contributed by atoms with van der Waals surface area (Å²) in [5.41, 5.74) is 4.07. The second-order valence-electron chi connectivity index (χ2n) is 7.03. The Morgan fingerprint density at radius 1 is 0.862 bits per heavy atom. The van der Waals surface area contributed by atoms with Gasteiger partial charge in [-0.05, 0) is 35.4 Å². The van der Waals surface area contributed by atoms with Gasteiger partial charge in [0.1, 0.15) is 5.82 Å². The molecule has 1 heterocycles. The SMILES string of the molecule is COC(OC)c1ccc(C2Nc3ccccc3C(=O)C2c2ccc(F)cc2)cc1. The molecule has 0 aromatic heterocycles. The zero-order valence-corrected chi connectivity index (χ0v) is 16.3. The Labute approximate surface area is 169 Å². The smallest absolute Gasteiger partial charge is 0.183 e.